The molecule has 0 fully saturated rings. The maximum Gasteiger partial charge on any atom is 0.331 e. The summed E-state index contributed by atoms with van der Waals surface area (Å²) in [4.78, 5) is 23.4. The summed E-state index contributed by atoms with van der Waals surface area (Å²) in [6.07, 6.45) is 2.68. The third kappa shape index (κ3) is 6.42. The molecule has 0 aliphatic carbocycles. The van der Waals surface area contributed by atoms with Gasteiger partial charge in [-0.25, -0.2) is 4.79 Å². The molecule has 25 heavy (non-hydrogen) atoms. The van der Waals surface area contributed by atoms with Crippen molar-refractivity contribution in [2.75, 3.05) is 6.61 Å². The summed E-state index contributed by atoms with van der Waals surface area (Å²) in [5.41, 5.74) is 1.40. The van der Waals surface area contributed by atoms with E-state index in [1.807, 2.05) is 6.07 Å². The molecule has 0 unspecified atom stereocenters. The van der Waals surface area contributed by atoms with Gasteiger partial charge in [0, 0.05) is 27.7 Å². The van der Waals surface area contributed by atoms with Crippen molar-refractivity contribution in [2.45, 2.75) is 6.54 Å². The zero-order valence-electron chi connectivity index (χ0n) is 13.0. The highest BCUT2D eigenvalue weighted by Crippen LogP contribution is 2.22. The van der Waals surface area contributed by atoms with Crippen molar-refractivity contribution >= 4 is 52.8 Å². The lowest BCUT2D eigenvalue weighted by Gasteiger charge is -2.07. The van der Waals surface area contributed by atoms with Gasteiger partial charge in [-0.3, -0.25) is 4.79 Å². The first-order valence-corrected chi connectivity index (χ1v) is 8.39. The molecule has 0 radical (unpaired) electrons. The molecule has 0 bridgehead atoms. The molecule has 0 aliphatic rings. The van der Waals surface area contributed by atoms with Gasteiger partial charge < -0.3 is 10.1 Å². The third-order valence-corrected chi connectivity index (χ3v) is 4.07. The highest BCUT2D eigenvalue weighted by molar-refractivity contribution is 6.35. The van der Waals surface area contributed by atoms with Crippen LogP contribution in [-0.4, -0.2) is 18.5 Å². The molecule has 0 saturated heterocycles. The predicted molar refractivity (Wildman–Crippen MR) is 99.8 cm³/mol. The quantitative estimate of drug-likeness (QED) is 0.575. The lowest BCUT2D eigenvalue weighted by atomic mass is 10.2. The van der Waals surface area contributed by atoms with Crippen molar-refractivity contribution in [2.24, 2.45) is 0 Å². The van der Waals surface area contributed by atoms with Crippen molar-refractivity contribution in [3.8, 4) is 0 Å². The number of amides is 1. The van der Waals surface area contributed by atoms with E-state index in [9.17, 15) is 9.59 Å². The lowest BCUT2D eigenvalue weighted by Crippen LogP contribution is -2.28. The van der Waals surface area contributed by atoms with Gasteiger partial charge in [-0.2, -0.15) is 0 Å². The van der Waals surface area contributed by atoms with Crippen LogP contribution in [0.25, 0.3) is 6.08 Å². The Hall–Kier alpha value is -2.01. The van der Waals surface area contributed by atoms with Crippen LogP contribution < -0.4 is 5.32 Å². The topological polar surface area (TPSA) is 55.4 Å². The molecule has 7 heteroatoms. The summed E-state index contributed by atoms with van der Waals surface area (Å²) in [5, 5.41) is 4.09. The zero-order chi connectivity index (χ0) is 18.2. The number of carbonyl (C=O) groups excluding carboxylic acids is 2. The Kier molecular flexibility index (Phi) is 7.31. The van der Waals surface area contributed by atoms with Crippen molar-refractivity contribution in [3.05, 3.63) is 74.7 Å². The Morgan fingerprint density at radius 3 is 2.52 bits per heavy atom. The average Bonchev–Trinajstić information content (AvgIpc) is 2.58. The van der Waals surface area contributed by atoms with E-state index in [2.05, 4.69) is 5.32 Å². The van der Waals surface area contributed by atoms with Crippen LogP contribution in [0.15, 0.2) is 48.5 Å². The monoisotopic (exact) mass is 397 g/mol. The van der Waals surface area contributed by atoms with Gasteiger partial charge in [-0.1, -0.05) is 59.1 Å². The summed E-state index contributed by atoms with van der Waals surface area (Å²) in [5.74, 6) is -1.08. The molecule has 2 aromatic carbocycles. The van der Waals surface area contributed by atoms with Gasteiger partial charge in [0.05, 0.1) is 0 Å². The van der Waals surface area contributed by atoms with Crippen molar-refractivity contribution in [1.82, 2.24) is 5.32 Å². The number of ether oxygens (including phenoxy) is 1. The van der Waals surface area contributed by atoms with Gasteiger partial charge in [0.25, 0.3) is 5.91 Å². The first kappa shape index (κ1) is 19.3. The van der Waals surface area contributed by atoms with Gasteiger partial charge in [0.15, 0.2) is 6.61 Å². The summed E-state index contributed by atoms with van der Waals surface area (Å²) >= 11 is 17.8. The minimum Gasteiger partial charge on any atom is -0.452 e. The first-order valence-electron chi connectivity index (χ1n) is 7.25. The molecule has 2 rings (SSSR count). The summed E-state index contributed by atoms with van der Waals surface area (Å²) in [6.45, 7) is -0.131. The molecule has 0 aromatic heterocycles. The number of halogens is 3. The van der Waals surface area contributed by atoms with E-state index < -0.39 is 11.9 Å². The molecular formula is C18H14Cl3NO3. The summed E-state index contributed by atoms with van der Waals surface area (Å²) in [6, 6.07) is 12.0. The number of hydrogen-bond acceptors (Lipinski definition) is 3. The molecule has 0 atom stereocenters. The zero-order valence-corrected chi connectivity index (χ0v) is 15.2. The molecular weight excluding hydrogens is 385 g/mol. The number of carbonyl (C=O) groups is 2. The van der Waals surface area contributed by atoms with Crippen molar-refractivity contribution in [3.63, 3.8) is 0 Å². The van der Waals surface area contributed by atoms with E-state index in [-0.39, 0.29) is 13.2 Å². The first-order chi connectivity index (χ1) is 12.0. The van der Waals surface area contributed by atoms with Crippen LogP contribution in [0.3, 0.4) is 0 Å². The van der Waals surface area contributed by atoms with Crippen molar-refractivity contribution < 1.29 is 14.3 Å². The van der Waals surface area contributed by atoms with Crippen LogP contribution in [0, 0.1) is 0 Å². The number of benzene rings is 2. The van der Waals surface area contributed by atoms with E-state index in [0.29, 0.717) is 20.6 Å². The fraction of sp³-hybridized carbons (Fsp3) is 0.111. The van der Waals surface area contributed by atoms with Crippen LogP contribution in [0.2, 0.25) is 15.1 Å². The van der Waals surface area contributed by atoms with E-state index in [1.165, 1.54) is 12.2 Å². The second kappa shape index (κ2) is 9.47. The normalized spacial score (nSPS) is 10.7. The third-order valence-electron chi connectivity index (χ3n) is 3.14. The largest absolute Gasteiger partial charge is 0.452 e. The lowest BCUT2D eigenvalue weighted by molar-refractivity contribution is -0.143. The Labute approximate surface area is 160 Å². The standard InChI is InChI=1S/C18H14Cl3NO3/c19-14-7-5-12(16(21)9-14)6-8-18(24)25-11-17(23)22-10-13-3-1-2-4-15(13)20/h1-9H,10-11H2,(H,22,23). The minimum atomic E-state index is -0.654. The van der Waals surface area contributed by atoms with Gasteiger partial charge in [0.1, 0.15) is 0 Å². The molecule has 130 valence electrons. The van der Waals surface area contributed by atoms with Crippen LogP contribution >= 0.6 is 34.8 Å². The smallest absolute Gasteiger partial charge is 0.331 e. The summed E-state index contributed by atoms with van der Waals surface area (Å²) < 4.78 is 4.87. The molecule has 0 spiro atoms. The number of nitrogens with one attached hydrogen (secondary N) is 1. The fourth-order valence-electron chi connectivity index (χ4n) is 1.87. The minimum absolute atomic E-state index is 0.256. The molecule has 2 aromatic rings. The van der Waals surface area contributed by atoms with E-state index in [1.54, 1.807) is 36.4 Å². The number of rotatable bonds is 6. The van der Waals surface area contributed by atoms with Crippen LogP contribution in [-0.2, 0) is 20.9 Å². The fourth-order valence-corrected chi connectivity index (χ4v) is 2.54. The highest BCUT2D eigenvalue weighted by atomic mass is 35.5. The van der Waals surface area contributed by atoms with Gasteiger partial charge in [-0.05, 0) is 35.4 Å². The Bertz CT molecular complexity index is 806. The number of esters is 1. The van der Waals surface area contributed by atoms with E-state index in [0.717, 1.165) is 5.56 Å². The average molecular weight is 399 g/mol. The van der Waals surface area contributed by atoms with Crippen molar-refractivity contribution in [1.29, 1.82) is 0 Å². The Morgan fingerprint density at radius 1 is 1.04 bits per heavy atom. The maximum atomic E-state index is 11.7. The predicted octanol–water partition coefficient (Wildman–Crippen LogP) is 4.52. The molecule has 0 saturated carbocycles. The molecule has 0 aliphatic heterocycles. The highest BCUT2D eigenvalue weighted by Gasteiger charge is 2.06. The Balaban J connectivity index is 1.78. The summed E-state index contributed by atoms with van der Waals surface area (Å²) in [7, 11) is 0. The molecule has 4 nitrogen and oxygen atoms in total. The second-order valence-corrected chi connectivity index (χ2v) is 6.23. The molecule has 0 heterocycles. The number of hydrogen-bond donors (Lipinski definition) is 1. The van der Waals surface area contributed by atoms with Crippen LogP contribution in [0.4, 0.5) is 0 Å². The maximum absolute atomic E-state index is 11.7. The molecule has 1 amide bonds. The second-order valence-electron chi connectivity index (χ2n) is 4.98. The molecule has 1 N–H and O–H groups in total. The van der Waals surface area contributed by atoms with Crippen LogP contribution in [0.1, 0.15) is 11.1 Å². The van der Waals surface area contributed by atoms with Crippen LogP contribution in [0.5, 0.6) is 0 Å². The van der Waals surface area contributed by atoms with Gasteiger partial charge >= 0.3 is 5.97 Å². The van der Waals surface area contributed by atoms with E-state index >= 15 is 0 Å². The Morgan fingerprint density at radius 2 is 1.80 bits per heavy atom. The van der Waals surface area contributed by atoms with Gasteiger partial charge in [-0.15, -0.1) is 0 Å². The van der Waals surface area contributed by atoms with E-state index in [4.69, 9.17) is 39.5 Å². The SMILES string of the molecule is O=C(COC(=O)C=Cc1ccc(Cl)cc1Cl)NCc1ccccc1Cl. The van der Waals surface area contributed by atoms with Gasteiger partial charge in [0.2, 0.25) is 0 Å².